The van der Waals surface area contributed by atoms with Gasteiger partial charge in [0.05, 0.1) is 17.7 Å². The number of sulfonamides is 1. The Morgan fingerprint density at radius 2 is 1.58 bits per heavy atom. The molecular weight excluding hydrogens is 502 g/mol. The summed E-state index contributed by atoms with van der Waals surface area (Å²) < 4.78 is 33.9. The van der Waals surface area contributed by atoms with Crippen LogP contribution in [0.3, 0.4) is 0 Å². The van der Waals surface area contributed by atoms with Gasteiger partial charge in [-0.3, -0.25) is 13.9 Å². The first-order valence-corrected chi connectivity index (χ1v) is 13.9. The number of carbonyl (C=O) groups is 2. The average Bonchev–Trinajstić information content (AvgIpc) is 2.91. The molecule has 0 radical (unpaired) electrons. The minimum Gasteiger partial charge on any atom is -0.497 e. The lowest BCUT2D eigenvalue weighted by molar-refractivity contribution is -0.139. The van der Waals surface area contributed by atoms with Crippen molar-refractivity contribution in [1.82, 2.24) is 10.2 Å². The summed E-state index contributed by atoms with van der Waals surface area (Å²) in [4.78, 5) is 28.1. The topological polar surface area (TPSA) is 96.0 Å². The van der Waals surface area contributed by atoms with E-state index in [4.69, 9.17) is 4.74 Å². The maximum atomic E-state index is 13.9. The summed E-state index contributed by atoms with van der Waals surface area (Å²) in [5.41, 5.74) is 3.06. The summed E-state index contributed by atoms with van der Waals surface area (Å²) in [6.45, 7) is 7.33. The number of hydrogen-bond acceptors (Lipinski definition) is 5. The van der Waals surface area contributed by atoms with Crippen LogP contribution in [0.4, 0.5) is 5.69 Å². The Labute approximate surface area is 225 Å². The van der Waals surface area contributed by atoms with Crippen LogP contribution >= 0.6 is 0 Å². The fraction of sp³-hybridized carbons (Fsp3) is 0.310. The Kier molecular flexibility index (Phi) is 9.52. The second-order valence-corrected chi connectivity index (χ2v) is 10.9. The van der Waals surface area contributed by atoms with Gasteiger partial charge in [-0.05, 0) is 75.2 Å². The van der Waals surface area contributed by atoms with Gasteiger partial charge in [-0.25, -0.2) is 8.42 Å². The molecule has 3 aromatic carbocycles. The Bertz CT molecular complexity index is 1360. The molecule has 1 N–H and O–H groups in total. The SMILES string of the molecule is CCNC(=O)[C@@H](C)N(Cc1ccccc1C)C(=O)CN(c1ccc(OC)cc1)S(=O)(=O)c1ccc(C)cc1. The number of methoxy groups -OCH3 is 1. The molecule has 0 saturated carbocycles. The van der Waals surface area contributed by atoms with E-state index in [-0.39, 0.29) is 17.3 Å². The van der Waals surface area contributed by atoms with E-state index in [1.54, 1.807) is 50.2 Å². The van der Waals surface area contributed by atoms with Crippen LogP contribution in [0.2, 0.25) is 0 Å². The second-order valence-electron chi connectivity index (χ2n) is 9.04. The molecule has 0 heterocycles. The normalized spacial score (nSPS) is 11.9. The van der Waals surface area contributed by atoms with Crippen LogP contribution in [0.1, 0.15) is 30.5 Å². The quantitative estimate of drug-likeness (QED) is 0.398. The number of anilines is 1. The minimum atomic E-state index is -4.11. The molecule has 8 nitrogen and oxygen atoms in total. The molecule has 0 aliphatic heterocycles. The van der Waals surface area contributed by atoms with Gasteiger partial charge in [-0.1, -0.05) is 42.0 Å². The first-order valence-electron chi connectivity index (χ1n) is 12.4. The molecule has 9 heteroatoms. The molecule has 3 aromatic rings. The van der Waals surface area contributed by atoms with Gasteiger partial charge in [-0.2, -0.15) is 0 Å². The number of amides is 2. The van der Waals surface area contributed by atoms with Crippen molar-refractivity contribution < 1.29 is 22.7 Å². The van der Waals surface area contributed by atoms with Crippen molar-refractivity contribution in [3.63, 3.8) is 0 Å². The molecule has 0 fully saturated rings. The highest BCUT2D eigenvalue weighted by molar-refractivity contribution is 7.92. The first-order chi connectivity index (χ1) is 18.1. The highest BCUT2D eigenvalue weighted by Gasteiger charge is 2.32. The van der Waals surface area contributed by atoms with E-state index in [1.165, 1.54) is 24.1 Å². The van der Waals surface area contributed by atoms with Crippen LogP contribution in [-0.4, -0.2) is 51.4 Å². The largest absolute Gasteiger partial charge is 0.497 e. The molecule has 3 rings (SSSR count). The van der Waals surface area contributed by atoms with E-state index in [0.717, 1.165) is 21.0 Å². The first kappa shape index (κ1) is 28.7. The number of hydrogen-bond donors (Lipinski definition) is 1. The monoisotopic (exact) mass is 537 g/mol. The van der Waals surface area contributed by atoms with Gasteiger partial charge in [0.1, 0.15) is 18.3 Å². The second kappa shape index (κ2) is 12.6. The zero-order chi connectivity index (χ0) is 27.9. The Morgan fingerprint density at radius 1 is 0.947 bits per heavy atom. The number of ether oxygens (including phenoxy) is 1. The summed E-state index contributed by atoms with van der Waals surface area (Å²) >= 11 is 0. The molecule has 0 saturated heterocycles. The fourth-order valence-corrected chi connectivity index (χ4v) is 5.40. The van der Waals surface area contributed by atoms with Gasteiger partial charge in [0.25, 0.3) is 10.0 Å². The molecular formula is C29H35N3O5S. The number of nitrogens with one attached hydrogen (secondary N) is 1. The number of benzene rings is 3. The smallest absolute Gasteiger partial charge is 0.264 e. The Morgan fingerprint density at radius 3 is 2.16 bits per heavy atom. The van der Waals surface area contributed by atoms with Gasteiger partial charge in [0.2, 0.25) is 11.8 Å². The summed E-state index contributed by atoms with van der Waals surface area (Å²) in [7, 11) is -2.59. The van der Waals surface area contributed by atoms with Crippen molar-refractivity contribution in [3.8, 4) is 5.75 Å². The van der Waals surface area contributed by atoms with Crippen molar-refractivity contribution in [3.05, 3.63) is 89.5 Å². The van der Waals surface area contributed by atoms with Gasteiger partial charge in [-0.15, -0.1) is 0 Å². The van der Waals surface area contributed by atoms with Crippen LogP contribution in [-0.2, 0) is 26.2 Å². The molecule has 202 valence electrons. The fourth-order valence-electron chi connectivity index (χ4n) is 3.99. The third-order valence-electron chi connectivity index (χ3n) is 6.37. The maximum Gasteiger partial charge on any atom is 0.264 e. The van der Waals surface area contributed by atoms with E-state index < -0.39 is 28.5 Å². The van der Waals surface area contributed by atoms with Gasteiger partial charge >= 0.3 is 0 Å². The van der Waals surface area contributed by atoms with Crippen LogP contribution in [0.25, 0.3) is 0 Å². The number of likely N-dealkylation sites (N-methyl/N-ethyl adjacent to an activating group) is 1. The minimum absolute atomic E-state index is 0.0638. The molecule has 0 aromatic heterocycles. The predicted octanol–water partition coefficient (Wildman–Crippen LogP) is 4.06. The summed E-state index contributed by atoms with van der Waals surface area (Å²) in [6, 6.07) is 19.7. The van der Waals surface area contributed by atoms with Crippen molar-refractivity contribution in [1.29, 1.82) is 0 Å². The van der Waals surface area contributed by atoms with E-state index in [0.29, 0.717) is 18.0 Å². The molecule has 38 heavy (non-hydrogen) atoms. The van der Waals surface area contributed by atoms with Crippen LogP contribution < -0.4 is 14.4 Å². The van der Waals surface area contributed by atoms with Gasteiger partial charge in [0.15, 0.2) is 0 Å². The summed E-state index contributed by atoms with van der Waals surface area (Å²) in [5, 5.41) is 2.76. The van der Waals surface area contributed by atoms with E-state index in [2.05, 4.69) is 5.32 Å². The molecule has 0 unspecified atom stereocenters. The van der Waals surface area contributed by atoms with Crippen molar-refractivity contribution in [2.45, 2.75) is 45.2 Å². The van der Waals surface area contributed by atoms with Crippen molar-refractivity contribution in [2.24, 2.45) is 0 Å². The third-order valence-corrected chi connectivity index (χ3v) is 8.16. The molecule has 0 spiro atoms. The number of nitrogens with zero attached hydrogens (tertiary/aromatic N) is 2. The Balaban J connectivity index is 2.04. The molecule has 0 aliphatic carbocycles. The predicted molar refractivity (Wildman–Crippen MR) is 149 cm³/mol. The van der Waals surface area contributed by atoms with Crippen LogP contribution in [0, 0.1) is 13.8 Å². The van der Waals surface area contributed by atoms with Crippen molar-refractivity contribution in [2.75, 3.05) is 24.5 Å². The summed E-state index contributed by atoms with van der Waals surface area (Å²) in [6.07, 6.45) is 0. The third kappa shape index (κ3) is 6.72. The van der Waals surface area contributed by atoms with Crippen molar-refractivity contribution >= 4 is 27.5 Å². The zero-order valence-corrected chi connectivity index (χ0v) is 23.3. The molecule has 2 amide bonds. The lowest BCUT2D eigenvalue weighted by atomic mass is 10.1. The number of aryl methyl sites for hydroxylation is 2. The molecule has 0 aliphatic rings. The summed E-state index contributed by atoms with van der Waals surface area (Å²) in [5.74, 6) is -0.260. The maximum absolute atomic E-state index is 13.9. The number of rotatable bonds is 11. The lowest BCUT2D eigenvalue weighted by Crippen LogP contribution is -2.51. The van der Waals surface area contributed by atoms with Gasteiger partial charge in [0, 0.05) is 13.1 Å². The Hall–Kier alpha value is -3.85. The molecule has 1 atom stereocenters. The van der Waals surface area contributed by atoms with Gasteiger partial charge < -0.3 is 15.0 Å². The lowest BCUT2D eigenvalue weighted by Gasteiger charge is -2.32. The van der Waals surface area contributed by atoms with E-state index in [1.807, 2.05) is 38.1 Å². The zero-order valence-electron chi connectivity index (χ0n) is 22.5. The molecule has 0 bridgehead atoms. The van der Waals surface area contributed by atoms with Crippen LogP contribution in [0.15, 0.2) is 77.7 Å². The highest BCUT2D eigenvalue weighted by Crippen LogP contribution is 2.27. The van der Waals surface area contributed by atoms with E-state index in [9.17, 15) is 18.0 Å². The average molecular weight is 538 g/mol. The van der Waals surface area contributed by atoms with Crippen LogP contribution in [0.5, 0.6) is 5.75 Å². The number of carbonyl (C=O) groups excluding carboxylic acids is 2. The highest BCUT2D eigenvalue weighted by atomic mass is 32.2. The standard InChI is InChI=1S/C29H35N3O5S/c1-6-30-29(34)23(4)31(19-24-10-8-7-9-22(24)3)28(33)20-32(25-13-15-26(37-5)16-14-25)38(35,36)27-17-11-21(2)12-18-27/h7-18,23H,6,19-20H2,1-5H3,(H,30,34)/t23-/m1/s1. The van der Waals surface area contributed by atoms with E-state index >= 15 is 0 Å².